The molecule has 2 aromatic rings. The second kappa shape index (κ2) is 4.60. The Bertz CT molecular complexity index is 418. The molecular weight excluding hydrogens is 231 g/mol. The number of anilines is 1. The zero-order valence-corrected chi connectivity index (χ0v) is 9.44. The van der Waals surface area contributed by atoms with Crippen LogP contribution in [0.15, 0.2) is 36.5 Å². The molecule has 1 aromatic carbocycles. The summed E-state index contributed by atoms with van der Waals surface area (Å²) in [5.74, 6) is 0.950. The van der Waals surface area contributed by atoms with Crippen molar-refractivity contribution < 1.29 is 0 Å². The van der Waals surface area contributed by atoms with Gasteiger partial charge in [-0.1, -0.05) is 29.3 Å². The van der Waals surface area contributed by atoms with E-state index in [1.165, 1.54) is 0 Å². The molecule has 0 aliphatic carbocycles. The predicted octanol–water partition coefficient (Wildman–Crippen LogP) is 3.93. The first kappa shape index (κ1) is 10.4. The Balaban J connectivity index is 2.11. The molecule has 2 N–H and O–H groups in total. The highest BCUT2D eigenvalue weighted by molar-refractivity contribution is 6.36. The van der Waals surface area contributed by atoms with Gasteiger partial charge in [0.2, 0.25) is 0 Å². The molecule has 0 bridgehead atoms. The summed E-state index contributed by atoms with van der Waals surface area (Å²) in [6, 6.07) is 9.38. The van der Waals surface area contributed by atoms with E-state index in [1.54, 1.807) is 0 Å². The number of aromatic nitrogens is 1. The van der Waals surface area contributed by atoms with Gasteiger partial charge < -0.3 is 10.3 Å². The van der Waals surface area contributed by atoms with E-state index >= 15 is 0 Å². The molecule has 0 atom stereocenters. The molecule has 1 aromatic heterocycles. The van der Waals surface area contributed by atoms with Crippen molar-refractivity contribution in [3.63, 3.8) is 0 Å². The molecule has 0 saturated carbocycles. The van der Waals surface area contributed by atoms with Gasteiger partial charge in [-0.15, -0.1) is 0 Å². The van der Waals surface area contributed by atoms with Crippen LogP contribution >= 0.6 is 23.2 Å². The first-order valence-corrected chi connectivity index (χ1v) is 5.33. The average molecular weight is 241 g/mol. The molecule has 0 fully saturated rings. The Morgan fingerprint density at radius 1 is 1.07 bits per heavy atom. The molecule has 0 amide bonds. The van der Waals surface area contributed by atoms with E-state index in [-0.39, 0.29) is 0 Å². The van der Waals surface area contributed by atoms with Crippen molar-refractivity contribution >= 4 is 29.0 Å². The SMILES string of the molecule is Clc1cccc(Cl)c1CNc1ccc[nH]1. The fraction of sp³-hybridized carbons (Fsp3) is 0.0909. The molecule has 0 aliphatic rings. The lowest BCUT2D eigenvalue weighted by Gasteiger charge is -2.08. The summed E-state index contributed by atoms with van der Waals surface area (Å²) in [6.45, 7) is 0.610. The molecule has 15 heavy (non-hydrogen) atoms. The molecule has 2 rings (SSSR count). The topological polar surface area (TPSA) is 27.8 Å². The van der Waals surface area contributed by atoms with Gasteiger partial charge in [-0.05, 0) is 24.3 Å². The summed E-state index contributed by atoms with van der Waals surface area (Å²) in [5, 5.41) is 4.56. The van der Waals surface area contributed by atoms with Crippen LogP contribution in [0.4, 0.5) is 5.82 Å². The Kier molecular flexibility index (Phi) is 3.19. The molecule has 78 valence electrons. The standard InChI is InChI=1S/C11H10Cl2N2/c12-9-3-1-4-10(13)8(9)7-15-11-5-2-6-14-11/h1-6,14-15H,7H2. The maximum atomic E-state index is 6.04. The third-order valence-corrected chi connectivity index (χ3v) is 2.82. The van der Waals surface area contributed by atoms with E-state index in [4.69, 9.17) is 23.2 Å². The van der Waals surface area contributed by atoms with Gasteiger partial charge in [0, 0.05) is 28.4 Å². The summed E-state index contributed by atoms with van der Waals surface area (Å²) in [6.07, 6.45) is 1.86. The molecule has 0 spiro atoms. The predicted molar refractivity (Wildman–Crippen MR) is 64.6 cm³/mol. The van der Waals surface area contributed by atoms with Crippen LogP contribution in [0, 0.1) is 0 Å². The smallest absolute Gasteiger partial charge is 0.103 e. The molecule has 4 heteroatoms. The van der Waals surface area contributed by atoms with Crippen molar-refractivity contribution in [2.75, 3.05) is 5.32 Å². The van der Waals surface area contributed by atoms with Crippen molar-refractivity contribution in [3.8, 4) is 0 Å². The largest absolute Gasteiger partial charge is 0.367 e. The van der Waals surface area contributed by atoms with Gasteiger partial charge in [-0.25, -0.2) is 0 Å². The summed E-state index contributed by atoms with van der Waals surface area (Å²) < 4.78 is 0. The van der Waals surface area contributed by atoms with Crippen LogP contribution in [0.5, 0.6) is 0 Å². The normalized spacial score (nSPS) is 10.3. The van der Waals surface area contributed by atoms with Crippen molar-refractivity contribution in [1.82, 2.24) is 4.98 Å². The monoisotopic (exact) mass is 240 g/mol. The molecule has 0 saturated heterocycles. The molecule has 1 heterocycles. The fourth-order valence-corrected chi connectivity index (χ4v) is 1.86. The second-order valence-corrected chi connectivity index (χ2v) is 3.95. The van der Waals surface area contributed by atoms with Crippen LogP contribution in [0.1, 0.15) is 5.56 Å². The Morgan fingerprint density at radius 2 is 1.80 bits per heavy atom. The number of hydrogen-bond acceptors (Lipinski definition) is 1. The van der Waals surface area contributed by atoms with E-state index in [1.807, 2.05) is 36.5 Å². The van der Waals surface area contributed by atoms with E-state index in [0.29, 0.717) is 16.6 Å². The molecule has 2 nitrogen and oxygen atoms in total. The first-order chi connectivity index (χ1) is 7.27. The fourth-order valence-electron chi connectivity index (χ4n) is 1.33. The zero-order chi connectivity index (χ0) is 10.7. The average Bonchev–Trinajstić information content (AvgIpc) is 2.70. The number of benzene rings is 1. The zero-order valence-electron chi connectivity index (χ0n) is 7.93. The van der Waals surface area contributed by atoms with Crippen LogP contribution in [-0.2, 0) is 6.54 Å². The summed E-state index contributed by atoms with van der Waals surface area (Å²) in [4.78, 5) is 3.05. The lowest BCUT2D eigenvalue weighted by atomic mass is 10.2. The van der Waals surface area contributed by atoms with Gasteiger partial charge in [-0.3, -0.25) is 0 Å². The summed E-state index contributed by atoms with van der Waals surface area (Å²) >= 11 is 12.1. The second-order valence-electron chi connectivity index (χ2n) is 3.14. The van der Waals surface area contributed by atoms with Crippen LogP contribution in [0.25, 0.3) is 0 Å². The van der Waals surface area contributed by atoms with Gasteiger partial charge in [0.15, 0.2) is 0 Å². The van der Waals surface area contributed by atoms with Gasteiger partial charge in [-0.2, -0.15) is 0 Å². The number of H-pyrrole nitrogens is 1. The van der Waals surface area contributed by atoms with E-state index in [2.05, 4.69) is 10.3 Å². The van der Waals surface area contributed by atoms with E-state index < -0.39 is 0 Å². The van der Waals surface area contributed by atoms with Crippen molar-refractivity contribution in [1.29, 1.82) is 0 Å². The summed E-state index contributed by atoms with van der Waals surface area (Å²) in [7, 11) is 0. The number of nitrogens with one attached hydrogen (secondary N) is 2. The minimum atomic E-state index is 0.610. The van der Waals surface area contributed by atoms with Crippen LogP contribution in [0.3, 0.4) is 0 Å². The quantitative estimate of drug-likeness (QED) is 0.836. The number of aromatic amines is 1. The lowest BCUT2D eigenvalue weighted by Crippen LogP contribution is -2.00. The van der Waals surface area contributed by atoms with Gasteiger partial charge in [0.05, 0.1) is 0 Å². The first-order valence-electron chi connectivity index (χ1n) is 4.57. The minimum Gasteiger partial charge on any atom is -0.367 e. The molecular formula is C11H10Cl2N2. The number of hydrogen-bond donors (Lipinski definition) is 2. The summed E-state index contributed by atoms with van der Waals surface area (Å²) in [5.41, 5.74) is 0.912. The highest BCUT2D eigenvalue weighted by Gasteiger charge is 2.04. The molecule has 0 radical (unpaired) electrons. The molecule has 0 aliphatic heterocycles. The lowest BCUT2D eigenvalue weighted by molar-refractivity contribution is 1.12. The van der Waals surface area contributed by atoms with E-state index in [9.17, 15) is 0 Å². The molecule has 0 unspecified atom stereocenters. The third kappa shape index (κ3) is 2.46. The third-order valence-electron chi connectivity index (χ3n) is 2.12. The highest BCUT2D eigenvalue weighted by Crippen LogP contribution is 2.24. The number of halogens is 2. The van der Waals surface area contributed by atoms with Crippen molar-refractivity contribution in [3.05, 3.63) is 52.1 Å². The van der Waals surface area contributed by atoms with Crippen LogP contribution < -0.4 is 5.32 Å². The highest BCUT2D eigenvalue weighted by atomic mass is 35.5. The minimum absolute atomic E-state index is 0.610. The van der Waals surface area contributed by atoms with Gasteiger partial charge in [0.1, 0.15) is 5.82 Å². The Labute approximate surface area is 98.2 Å². The number of rotatable bonds is 3. The van der Waals surface area contributed by atoms with Crippen LogP contribution in [-0.4, -0.2) is 4.98 Å². The van der Waals surface area contributed by atoms with E-state index in [0.717, 1.165) is 11.4 Å². The van der Waals surface area contributed by atoms with Crippen LogP contribution in [0.2, 0.25) is 10.0 Å². The van der Waals surface area contributed by atoms with Crippen molar-refractivity contribution in [2.24, 2.45) is 0 Å². The van der Waals surface area contributed by atoms with Crippen molar-refractivity contribution in [2.45, 2.75) is 6.54 Å². The Hall–Kier alpha value is -1.12. The maximum absolute atomic E-state index is 6.04. The Morgan fingerprint density at radius 3 is 2.40 bits per heavy atom. The van der Waals surface area contributed by atoms with Gasteiger partial charge >= 0.3 is 0 Å². The maximum Gasteiger partial charge on any atom is 0.103 e. The van der Waals surface area contributed by atoms with Gasteiger partial charge in [0.25, 0.3) is 0 Å².